The molecular formula is C29H40O9. The molecule has 1 saturated heterocycles. The topological polar surface area (TPSA) is 146 Å². The molecule has 6 atom stereocenters. The van der Waals surface area contributed by atoms with Crippen molar-refractivity contribution in [2.75, 3.05) is 6.61 Å². The van der Waals surface area contributed by atoms with Crippen molar-refractivity contribution in [2.45, 2.75) is 89.7 Å². The first-order chi connectivity index (χ1) is 18.0. The highest BCUT2D eigenvalue weighted by molar-refractivity contribution is 5.95. The van der Waals surface area contributed by atoms with Gasteiger partial charge in [0.2, 0.25) is 6.29 Å². The molecule has 9 nitrogen and oxygen atoms in total. The normalized spacial score (nSPS) is 28.2. The third-order valence-electron chi connectivity index (χ3n) is 6.97. The number of hydrogen-bond donors (Lipinski definition) is 5. The molecule has 9 heteroatoms. The predicted octanol–water partition coefficient (Wildman–Crippen LogP) is 3.58. The number of hydrogen-bond acceptors (Lipinski definition) is 8. The molecule has 5 N–H and O–H groups in total. The molecule has 0 spiro atoms. The highest BCUT2D eigenvalue weighted by atomic mass is 16.7. The Balaban J connectivity index is 2.06. The molecule has 210 valence electrons. The van der Waals surface area contributed by atoms with E-state index >= 15 is 0 Å². The van der Waals surface area contributed by atoms with Crippen LogP contribution in [0.4, 0.5) is 0 Å². The average Bonchev–Trinajstić information content (AvgIpc) is 2.84. The average molecular weight is 533 g/mol. The number of benzene rings is 1. The number of aliphatic hydroxyl groups is 4. The Bertz CT molecular complexity index is 1060. The molecule has 2 unspecified atom stereocenters. The van der Waals surface area contributed by atoms with E-state index in [-0.39, 0.29) is 11.3 Å². The number of unbranched alkanes of at least 4 members (excludes halogenated alkanes) is 2. The number of allylic oxidation sites excluding steroid dienone is 3. The summed E-state index contributed by atoms with van der Waals surface area (Å²) in [6.07, 6.45) is 5.42. The van der Waals surface area contributed by atoms with Gasteiger partial charge in [0, 0.05) is 0 Å². The molecule has 2 aliphatic rings. The zero-order valence-electron chi connectivity index (χ0n) is 22.3. The highest BCUT2D eigenvalue weighted by Crippen LogP contribution is 2.44. The van der Waals surface area contributed by atoms with Crippen molar-refractivity contribution in [3.8, 4) is 11.5 Å². The SMILES string of the molecule is C=CCCCCc1cc2c(c(OC3O[C@H](O)[C@@H](O)[C@H](O)[C@H]3CO)c1C(=O)O)C=CC(C)(CCC=C(C)C)O2. The molecule has 0 aliphatic carbocycles. The molecule has 3 rings (SSSR count). The Morgan fingerprint density at radius 3 is 2.55 bits per heavy atom. The molecule has 0 saturated carbocycles. The molecule has 1 aromatic carbocycles. The number of aromatic carboxylic acids is 1. The van der Waals surface area contributed by atoms with Crippen molar-refractivity contribution in [1.82, 2.24) is 0 Å². The van der Waals surface area contributed by atoms with Crippen LogP contribution >= 0.6 is 0 Å². The molecule has 0 bridgehead atoms. The van der Waals surface area contributed by atoms with E-state index in [1.807, 2.05) is 32.9 Å². The van der Waals surface area contributed by atoms with Crippen LogP contribution in [-0.2, 0) is 11.2 Å². The van der Waals surface area contributed by atoms with Gasteiger partial charge in [-0.1, -0.05) is 17.7 Å². The number of ether oxygens (including phenoxy) is 3. The molecule has 2 aliphatic heterocycles. The van der Waals surface area contributed by atoms with Crippen LogP contribution < -0.4 is 9.47 Å². The van der Waals surface area contributed by atoms with Crippen LogP contribution in [0.3, 0.4) is 0 Å². The number of aryl methyl sites for hydroxylation is 1. The Kier molecular flexibility index (Phi) is 10.1. The monoisotopic (exact) mass is 532 g/mol. The van der Waals surface area contributed by atoms with Gasteiger partial charge in [0.15, 0.2) is 6.29 Å². The van der Waals surface area contributed by atoms with Crippen molar-refractivity contribution in [3.63, 3.8) is 0 Å². The lowest BCUT2D eigenvalue weighted by molar-refractivity contribution is -0.312. The van der Waals surface area contributed by atoms with Gasteiger partial charge in [-0.2, -0.15) is 0 Å². The second-order valence-corrected chi connectivity index (χ2v) is 10.4. The standard InChI is InChI=1S/C29H40O9/c1-5-6-7-8-11-18-15-21-19(12-14-29(4,38-21)13-9-10-17(2)3)25(22(18)26(33)34)36-28-20(16-30)23(31)24(32)27(35)37-28/h5,10,12,14-15,20,23-24,27-28,30-32,35H,1,6-9,11,13,16H2,2-4H3,(H,33,34)/t20-,23-,24+,27+,28?,29?/m1/s1. The summed E-state index contributed by atoms with van der Waals surface area (Å²) < 4.78 is 17.8. The largest absolute Gasteiger partial charge is 0.483 e. The lowest BCUT2D eigenvalue weighted by Gasteiger charge is -2.40. The van der Waals surface area contributed by atoms with E-state index in [4.69, 9.17) is 14.2 Å². The molecule has 2 heterocycles. The van der Waals surface area contributed by atoms with Gasteiger partial charge in [-0.05, 0) is 83.1 Å². The Hall–Kier alpha value is -2.69. The first kappa shape index (κ1) is 29.9. The van der Waals surface area contributed by atoms with Crippen molar-refractivity contribution < 1.29 is 44.5 Å². The van der Waals surface area contributed by atoms with Crippen molar-refractivity contribution in [3.05, 3.63) is 53.1 Å². The number of aliphatic hydroxyl groups excluding tert-OH is 4. The zero-order valence-corrected chi connectivity index (χ0v) is 22.3. The summed E-state index contributed by atoms with van der Waals surface area (Å²) in [5.74, 6) is -1.95. The molecule has 0 aromatic heterocycles. The van der Waals surface area contributed by atoms with Gasteiger partial charge < -0.3 is 39.7 Å². The summed E-state index contributed by atoms with van der Waals surface area (Å²) >= 11 is 0. The Morgan fingerprint density at radius 2 is 1.92 bits per heavy atom. The summed E-state index contributed by atoms with van der Waals surface area (Å²) in [6.45, 7) is 9.13. The minimum atomic E-state index is -1.78. The summed E-state index contributed by atoms with van der Waals surface area (Å²) in [5, 5.41) is 50.5. The van der Waals surface area contributed by atoms with E-state index in [2.05, 4.69) is 12.7 Å². The summed E-state index contributed by atoms with van der Waals surface area (Å²) in [5.41, 5.74) is 1.38. The van der Waals surface area contributed by atoms with Crippen molar-refractivity contribution in [2.24, 2.45) is 5.92 Å². The molecule has 38 heavy (non-hydrogen) atoms. The predicted molar refractivity (Wildman–Crippen MR) is 142 cm³/mol. The van der Waals surface area contributed by atoms with E-state index in [0.717, 1.165) is 19.3 Å². The lowest BCUT2D eigenvalue weighted by Crippen LogP contribution is -2.57. The Morgan fingerprint density at radius 1 is 1.18 bits per heavy atom. The van der Waals surface area contributed by atoms with Crippen LogP contribution in [0.1, 0.15) is 74.4 Å². The number of carboxylic acids is 1. The molecule has 1 fully saturated rings. The number of carboxylic acid groups (broad SMARTS) is 1. The maximum Gasteiger partial charge on any atom is 0.339 e. The van der Waals surface area contributed by atoms with Gasteiger partial charge in [-0.15, -0.1) is 6.58 Å². The smallest absolute Gasteiger partial charge is 0.339 e. The quantitative estimate of drug-likeness (QED) is 0.201. The molecule has 1 aromatic rings. The summed E-state index contributed by atoms with van der Waals surface area (Å²) in [6, 6.07) is 1.74. The number of rotatable bonds is 12. The van der Waals surface area contributed by atoms with Crippen LogP contribution in [0, 0.1) is 5.92 Å². The second kappa shape index (κ2) is 12.9. The maximum atomic E-state index is 12.5. The fraction of sp³-hybridized carbons (Fsp3) is 0.552. The van der Waals surface area contributed by atoms with Crippen molar-refractivity contribution >= 4 is 12.0 Å². The van der Waals surface area contributed by atoms with Gasteiger partial charge in [0.1, 0.15) is 28.8 Å². The van der Waals surface area contributed by atoms with Crippen LogP contribution in [0.2, 0.25) is 0 Å². The second-order valence-electron chi connectivity index (χ2n) is 10.4. The van der Waals surface area contributed by atoms with Gasteiger partial charge >= 0.3 is 5.97 Å². The van der Waals surface area contributed by atoms with Gasteiger partial charge in [-0.25, -0.2) is 4.79 Å². The fourth-order valence-corrected chi connectivity index (χ4v) is 4.75. The third kappa shape index (κ3) is 6.84. The first-order valence-electron chi connectivity index (χ1n) is 13.0. The van der Waals surface area contributed by atoms with Crippen LogP contribution in [0.15, 0.2) is 36.4 Å². The van der Waals surface area contributed by atoms with Crippen LogP contribution in [0.5, 0.6) is 11.5 Å². The maximum absolute atomic E-state index is 12.5. The fourth-order valence-electron chi connectivity index (χ4n) is 4.75. The van der Waals surface area contributed by atoms with E-state index < -0.39 is 48.9 Å². The van der Waals surface area contributed by atoms with Crippen LogP contribution in [0.25, 0.3) is 6.08 Å². The summed E-state index contributed by atoms with van der Waals surface area (Å²) in [7, 11) is 0. The number of carbonyl (C=O) groups is 1. The van der Waals surface area contributed by atoms with E-state index in [0.29, 0.717) is 36.1 Å². The van der Waals surface area contributed by atoms with Crippen LogP contribution in [-0.4, -0.2) is 68.5 Å². The van der Waals surface area contributed by atoms with Crippen molar-refractivity contribution in [1.29, 1.82) is 0 Å². The highest BCUT2D eigenvalue weighted by Gasteiger charge is 2.46. The van der Waals surface area contributed by atoms with E-state index in [9.17, 15) is 30.3 Å². The van der Waals surface area contributed by atoms with E-state index in [1.165, 1.54) is 5.57 Å². The molecule has 0 radical (unpaired) electrons. The minimum Gasteiger partial charge on any atom is -0.483 e. The molecular weight excluding hydrogens is 492 g/mol. The number of fused-ring (bicyclic) bond motifs is 1. The van der Waals surface area contributed by atoms with E-state index in [1.54, 1.807) is 12.1 Å². The molecule has 0 amide bonds. The Labute approximate surface area is 223 Å². The van der Waals surface area contributed by atoms with Gasteiger partial charge in [-0.3, -0.25) is 0 Å². The summed E-state index contributed by atoms with van der Waals surface area (Å²) in [4.78, 5) is 12.5. The first-order valence-corrected chi connectivity index (χ1v) is 13.0. The van der Waals surface area contributed by atoms with Gasteiger partial charge in [0.25, 0.3) is 0 Å². The third-order valence-corrected chi connectivity index (χ3v) is 6.97. The van der Waals surface area contributed by atoms with Gasteiger partial charge in [0.05, 0.1) is 24.2 Å². The zero-order chi connectivity index (χ0) is 28.0. The minimum absolute atomic E-state index is 0.0458. The lowest BCUT2D eigenvalue weighted by atomic mass is 9.90.